The fourth-order valence-corrected chi connectivity index (χ4v) is 2.87. The highest BCUT2D eigenvalue weighted by atomic mass is 35.5. The number of nitrogens with one attached hydrogen (secondary N) is 1. The number of aromatic nitrogens is 2. The summed E-state index contributed by atoms with van der Waals surface area (Å²) in [6, 6.07) is 7.77. The molecular weight excluding hydrogens is 408 g/mol. The van der Waals surface area contributed by atoms with Crippen molar-refractivity contribution in [2.75, 3.05) is 13.1 Å². The van der Waals surface area contributed by atoms with E-state index >= 15 is 0 Å². The van der Waals surface area contributed by atoms with Crippen molar-refractivity contribution >= 4 is 29.4 Å². The summed E-state index contributed by atoms with van der Waals surface area (Å²) in [6.45, 7) is 8.57. The van der Waals surface area contributed by atoms with Gasteiger partial charge in [0.2, 0.25) is 5.91 Å². The molecular formula is C21H27ClN4O4. The zero-order chi connectivity index (χ0) is 22.5. The molecule has 0 saturated heterocycles. The fraction of sp³-hybridized carbons (Fsp3) is 0.429. The number of ether oxygens (including phenoxy) is 1. The van der Waals surface area contributed by atoms with E-state index in [9.17, 15) is 14.4 Å². The van der Waals surface area contributed by atoms with E-state index in [1.54, 1.807) is 58.2 Å². The number of nitrogens with zero attached hydrogens (tertiary/aromatic N) is 3. The summed E-state index contributed by atoms with van der Waals surface area (Å²) in [4.78, 5) is 38.3. The molecule has 0 spiro atoms. The SMILES string of the molecule is CC(=O)NCCN(C(=O)c1ccn(-c2cccc(Cl)c2)n1)[C@@H](C)C(=O)OC(C)(C)C. The first-order chi connectivity index (χ1) is 14.0. The number of amides is 2. The van der Waals surface area contributed by atoms with Crippen molar-refractivity contribution in [1.29, 1.82) is 0 Å². The monoisotopic (exact) mass is 434 g/mol. The normalized spacial score (nSPS) is 12.2. The molecule has 9 heteroatoms. The van der Waals surface area contributed by atoms with Crippen LogP contribution in [0, 0.1) is 0 Å². The maximum atomic E-state index is 13.1. The second kappa shape index (κ2) is 9.75. The molecule has 1 aromatic heterocycles. The lowest BCUT2D eigenvalue weighted by molar-refractivity contribution is -0.159. The van der Waals surface area contributed by atoms with Crippen LogP contribution in [0.3, 0.4) is 0 Å². The van der Waals surface area contributed by atoms with Gasteiger partial charge in [0.15, 0.2) is 5.69 Å². The van der Waals surface area contributed by atoms with E-state index in [-0.39, 0.29) is 24.7 Å². The van der Waals surface area contributed by atoms with Crippen LogP contribution in [0.2, 0.25) is 5.02 Å². The van der Waals surface area contributed by atoms with Gasteiger partial charge in [-0.2, -0.15) is 5.10 Å². The zero-order valence-corrected chi connectivity index (χ0v) is 18.6. The number of carbonyl (C=O) groups is 3. The number of carbonyl (C=O) groups excluding carboxylic acids is 3. The Morgan fingerprint density at radius 2 is 1.97 bits per heavy atom. The van der Waals surface area contributed by atoms with Crippen molar-refractivity contribution in [3.63, 3.8) is 0 Å². The lowest BCUT2D eigenvalue weighted by Crippen LogP contribution is -2.48. The molecule has 0 saturated carbocycles. The van der Waals surface area contributed by atoms with E-state index in [2.05, 4.69) is 10.4 Å². The van der Waals surface area contributed by atoms with Crippen LogP contribution in [0.1, 0.15) is 45.1 Å². The van der Waals surface area contributed by atoms with Gasteiger partial charge in [-0.3, -0.25) is 9.59 Å². The van der Waals surface area contributed by atoms with Crippen molar-refractivity contribution in [2.45, 2.75) is 46.3 Å². The molecule has 1 N–H and O–H groups in total. The van der Waals surface area contributed by atoms with Gasteiger partial charge in [-0.15, -0.1) is 0 Å². The first kappa shape index (κ1) is 23.4. The van der Waals surface area contributed by atoms with Crippen molar-refractivity contribution in [3.8, 4) is 5.69 Å². The Morgan fingerprint density at radius 3 is 2.57 bits per heavy atom. The maximum absolute atomic E-state index is 13.1. The molecule has 0 aliphatic carbocycles. The Hall–Kier alpha value is -2.87. The number of esters is 1. The minimum Gasteiger partial charge on any atom is -0.458 e. The Morgan fingerprint density at radius 1 is 1.27 bits per heavy atom. The van der Waals surface area contributed by atoms with Crippen LogP contribution in [0.4, 0.5) is 0 Å². The summed E-state index contributed by atoms with van der Waals surface area (Å²) in [7, 11) is 0. The van der Waals surface area contributed by atoms with Crippen LogP contribution >= 0.6 is 11.6 Å². The number of rotatable bonds is 7. The number of hydrogen-bond donors (Lipinski definition) is 1. The highest BCUT2D eigenvalue weighted by molar-refractivity contribution is 6.30. The maximum Gasteiger partial charge on any atom is 0.329 e. The number of halogens is 1. The summed E-state index contributed by atoms with van der Waals surface area (Å²) in [5.41, 5.74) is 0.172. The van der Waals surface area contributed by atoms with Gasteiger partial charge in [-0.05, 0) is 52.0 Å². The number of benzene rings is 1. The predicted octanol–water partition coefficient (Wildman–Crippen LogP) is 2.83. The molecule has 8 nitrogen and oxygen atoms in total. The van der Waals surface area contributed by atoms with Crippen LogP contribution < -0.4 is 5.32 Å². The Balaban J connectivity index is 2.25. The molecule has 2 amide bonds. The van der Waals surface area contributed by atoms with Crippen molar-refractivity contribution in [3.05, 3.63) is 47.2 Å². The van der Waals surface area contributed by atoms with E-state index in [4.69, 9.17) is 16.3 Å². The molecule has 1 aromatic carbocycles. The van der Waals surface area contributed by atoms with Crippen LogP contribution in [0.25, 0.3) is 5.69 Å². The highest BCUT2D eigenvalue weighted by Gasteiger charge is 2.31. The average molecular weight is 435 g/mol. The number of hydrogen-bond acceptors (Lipinski definition) is 5. The van der Waals surface area contributed by atoms with Gasteiger partial charge in [0.1, 0.15) is 11.6 Å². The lowest BCUT2D eigenvalue weighted by atomic mass is 10.2. The molecule has 0 unspecified atom stereocenters. The summed E-state index contributed by atoms with van der Waals surface area (Å²) in [6.07, 6.45) is 1.64. The van der Waals surface area contributed by atoms with Crippen molar-refractivity contribution < 1.29 is 19.1 Å². The third kappa shape index (κ3) is 6.59. The third-order valence-electron chi connectivity index (χ3n) is 4.08. The van der Waals surface area contributed by atoms with Crippen molar-refractivity contribution in [2.24, 2.45) is 0 Å². The van der Waals surface area contributed by atoms with Gasteiger partial charge >= 0.3 is 5.97 Å². The minimum atomic E-state index is -0.859. The van der Waals surface area contributed by atoms with E-state index in [1.807, 2.05) is 6.07 Å². The quantitative estimate of drug-likeness (QED) is 0.676. The van der Waals surface area contributed by atoms with Gasteiger partial charge in [-0.1, -0.05) is 17.7 Å². The Bertz CT molecular complexity index is 920. The molecule has 0 radical (unpaired) electrons. The highest BCUT2D eigenvalue weighted by Crippen LogP contribution is 2.16. The predicted molar refractivity (Wildman–Crippen MR) is 114 cm³/mol. The smallest absolute Gasteiger partial charge is 0.329 e. The lowest BCUT2D eigenvalue weighted by Gasteiger charge is -2.30. The molecule has 0 bridgehead atoms. The summed E-state index contributed by atoms with van der Waals surface area (Å²) < 4.78 is 6.95. The Kier molecular flexibility index (Phi) is 7.61. The van der Waals surface area contributed by atoms with E-state index in [1.165, 1.54) is 16.5 Å². The van der Waals surface area contributed by atoms with E-state index in [0.717, 1.165) is 0 Å². The fourth-order valence-electron chi connectivity index (χ4n) is 2.69. The molecule has 0 aliphatic heterocycles. The van der Waals surface area contributed by atoms with Gasteiger partial charge in [0.05, 0.1) is 5.69 Å². The molecule has 162 valence electrons. The molecule has 0 aliphatic rings. The van der Waals surface area contributed by atoms with Gasteiger partial charge in [-0.25, -0.2) is 9.48 Å². The van der Waals surface area contributed by atoms with Crippen LogP contribution in [-0.4, -0.2) is 57.2 Å². The summed E-state index contributed by atoms with van der Waals surface area (Å²) in [5, 5.41) is 7.51. The zero-order valence-electron chi connectivity index (χ0n) is 17.8. The van der Waals surface area contributed by atoms with Gasteiger partial charge < -0.3 is 15.0 Å². The molecule has 1 atom stereocenters. The van der Waals surface area contributed by atoms with E-state index < -0.39 is 23.5 Å². The average Bonchev–Trinajstić information content (AvgIpc) is 3.13. The molecule has 0 fully saturated rings. The van der Waals surface area contributed by atoms with Crippen LogP contribution in [-0.2, 0) is 14.3 Å². The minimum absolute atomic E-state index is 0.128. The molecule has 2 rings (SSSR count). The third-order valence-corrected chi connectivity index (χ3v) is 4.32. The molecule has 2 aromatic rings. The standard InChI is InChI=1S/C21H27ClN4O4/c1-14(20(29)30-21(3,4)5)25(12-10-23-15(2)27)19(28)18-9-11-26(24-18)17-8-6-7-16(22)13-17/h6-9,11,13-14H,10,12H2,1-5H3,(H,23,27)/t14-/m0/s1. The van der Waals surface area contributed by atoms with Gasteiger partial charge in [0, 0.05) is 31.2 Å². The summed E-state index contributed by atoms with van der Waals surface area (Å²) >= 11 is 6.02. The van der Waals surface area contributed by atoms with E-state index in [0.29, 0.717) is 10.7 Å². The first-order valence-electron chi connectivity index (χ1n) is 9.58. The molecule has 1 heterocycles. The van der Waals surface area contributed by atoms with Crippen molar-refractivity contribution in [1.82, 2.24) is 20.0 Å². The topological polar surface area (TPSA) is 93.5 Å². The summed E-state index contributed by atoms with van der Waals surface area (Å²) in [5.74, 6) is -1.20. The second-order valence-electron chi connectivity index (χ2n) is 7.82. The second-order valence-corrected chi connectivity index (χ2v) is 8.25. The largest absolute Gasteiger partial charge is 0.458 e. The molecule has 30 heavy (non-hydrogen) atoms. The Labute approximate surface area is 181 Å². The van der Waals surface area contributed by atoms with Crippen LogP contribution in [0.5, 0.6) is 0 Å². The van der Waals surface area contributed by atoms with Gasteiger partial charge in [0.25, 0.3) is 5.91 Å². The first-order valence-corrected chi connectivity index (χ1v) is 9.95. The van der Waals surface area contributed by atoms with Crippen LogP contribution in [0.15, 0.2) is 36.5 Å².